The van der Waals surface area contributed by atoms with Gasteiger partial charge in [-0.15, -0.1) is 0 Å². The standard InChI is InChI=1S/C64H122O6/c1-4-7-10-13-16-19-22-25-28-30-32-34-36-39-42-45-48-51-54-57-63(66)69-60-61(59-68-62(65)56-53-50-47-44-41-38-35-27-24-21-18-15-12-9-6-3)70-64(67)58-55-52-49-46-43-40-37-33-31-29-26-23-20-17-14-11-8-5-2/h25,28,61H,4-24,26-27,29-60H2,1-3H3/b28-25+/t61-/m1/s1. The smallest absolute Gasteiger partial charge is 0.306 e. The Morgan fingerprint density at radius 3 is 0.714 bits per heavy atom. The fourth-order valence-corrected chi connectivity index (χ4v) is 9.74. The highest BCUT2D eigenvalue weighted by atomic mass is 16.6. The second kappa shape index (κ2) is 59.7. The van der Waals surface area contributed by atoms with Gasteiger partial charge in [-0.25, -0.2) is 0 Å². The lowest BCUT2D eigenvalue weighted by Gasteiger charge is -2.18. The first-order chi connectivity index (χ1) is 34.5. The monoisotopic (exact) mass is 987 g/mol. The summed E-state index contributed by atoms with van der Waals surface area (Å²) in [5.74, 6) is -0.835. The topological polar surface area (TPSA) is 78.9 Å². The summed E-state index contributed by atoms with van der Waals surface area (Å²) in [6.07, 6.45) is 69.2. The van der Waals surface area contributed by atoms with Crippen LogP contribution in [-0.2, 0) is 28.6 Å². The zero-order chi connectivity index (χ0) is 50.7. The van der Waals surface area contributed by atoms with Crippen LogP contribution in [0.4, 0.5) is 0 Å². The normalized spacial score (nSPS) is 12.0. The number of carbonyl (C=O) groups is 3. The maximum Gasteiger partial charge on any atom is 0.306 e. The third-order valence-corrected chi connectivity index (χ3v) is 14.5. The summed E-state index contributed by atoms with van der Waals surface area (Å²) in [4.78, 5) is 38.3. The molecule has 0 spiro atoms. The molecule has 0 aliphatic heterocycles. The average Bonchev–Trinajstić information content (AvgIpc) is 3.36. The van der Waals surface area contributed by atoms with Gasteiger partial charge < -0.3 is 14.2 Å². The Balaban J connectivity index is 4.30. The quantitative estimate of drug-likeness (QED) is 0.0261. The van der Waals surface area contributed by atoms with E-state index in [1.807, 2.05) is 0 Å². The van der Waals surface area contributed by atoms with Crippen LogP contribution in [0, 0.1) is 0 Å². The number of esters is 3. The van der Waals surface area contributed by atoms with Crippen molar-refractivity contribution in [1.29, 1.82) is 0 Å². The molecule has 0 saturated heterocycles. The molecule has 1 atom stereocenters. The van der Waals surface area contributed by atoms with Gasteiger partial charge in [-0.05, 0) is 44.9 Å². The minimum absolute atomic E-state index is 0.0638. The average molecular weight is 988 g/mol. The number of ether oxygens (including phenoxy) is 3. The molecule has 0 radical (unpaired) electrons. The van der Waals surface area contributed by atoms with E-state index >= 15 is 0 Å². The fourth-order valence-electron chi connectivity index (χ4n) is 9.74. The van der Waals surface area contributed by atoms with Gasteiger partial charge in [0.1, 0.15) is 13.2 Å². The summed E-state index contributed by atoms with van der Waals surface area (Å²) < 4.78 is 16.9. The highest BCUT2D eigenvalue weighted by molar-refractivity contribution is 5.71. The van der Waals surface area contributed by atoms with Crippen LogP contribution in [0.5, 0.6) is 0 Å². The van der Waals surface area contributed by atoms with E-state index in [9.17, 15) is 14.4 Å². The Morgan fingerprint density at radius 2 is 0.471 bits per heavy atom. The Kier molecular flexibility index (Phi) is 58.1. The summed E-state index contributed by atoms with van der Waals surface area (Å²) in [7, 11) is 0. The van der Waals surface area contributed by atoms with Crippen molar-refractivity contribution >= 4 is 17.9 Å². The van der Waals surface area contributed by atoms with Crippen LogP contribution in [0.2, 0.25) is 0 Å². The number of unbranched alkanes of at least 4 members (excludes halogenated alkanes) is 46. The van der Waals surface area contributed by atoms with E-state index < -0.39 is 6.10 Å². The molecule has 0 bridgehead atoms. The van der Waals surface area contributed by atoms with Gasteiger partial charge in [-0.3, -0.25) is 14.4 Å². The molecule has 0 unspecified atom stereocenters. The first-order valence-electron chi connectivity index (χ1n) is 31.7. The molecule has 0 aliphatic rings. The molecule has 6 nitrogen and oxygen atoms in total. The van der Waals surface area contributed by atoms with Gasteiger partial charge in [-0.1, -0.05) is 309 Å². The summed E-state index contributed by atoms with van der Waals surface area (Å²) in [5.41, 5.74) is 0. The predicted molar refractivity (Wildman–Crippen MR) is 303 cm³/mol. The van der Waals surface area contributed by atoms with Crippen molar-refractivity contribution in [2.24, 2.45) is 0 Å². The van der Waals surface area contributed by atoms with E-state index in [-0.39, 0.29) is 31.1 Å². The van der Waals surface area contributed by atoms with E-state index in [4.69, 9.17) is 14.2 Å². The lowest BCUT2D eigenvalue weighted by Crippen LogP contribution is -2.30. The van der Waals surface area contributed by atoms with Gasteiger partial charge >= 0.3 is 17.9 Å². The number of hydrogen-bond donors (Lipinski definition) is 0. The summed E-state index contributed by atoms with van der Waals surface area (Å²) in [6, 6.07) is 0. The van der Waals surface area contributed by atoms with E-state index in [2.05, 4.69) is 32.9 Å². The van der Waals surface area contributed by atoms with Gasteiger partial charge in [0.25, 0.3) is 0 Å². The Hall–Kier alpha value is -1.85. The highest BCUT2D eigenvalue weighted by Gasteiger charge is 2.19. The van der Waals surface area contributed by atoms with Crippen molar-refractivity contribution in [3.05, 3.63) is 12.2 Å². The molecule has 70 heavy (non-hydrogen) atoms. The molecule has 0 amide bonds. The van der Waals surface area contributed by atoms with E-state index in [0.29, 0.717) is 19.3 Å². The zero-order valence-electron chi connectivity index (χ0n) is 47.6. The molecule has 414 valence electrons. The second-order valence-corrected chi connectivity index (χ2v) is 21.7. The van der Waals surface area contributed by atoms with Crippen molar-refractivity contribution in [2.75, 3.05) is 13.2 Å². The van der Waals surface area contributed by atoms with E-state index in [1.54, 1.807) is 0 Å². The molecule has 0 aromatic rings. The molecule has 0 aromatic heterocycles. The molecule has 0 aliphatic carbocycles. The minimum Gasteiger partial charge on any atom is -0.462 e. The molecular weight excluding hydrogens is 865 g/mol. The van der Waals surface area contributed by atoms with Gasteiger partial charge in [0.2, 0.25) is 0 Å². The highest BCUT2D eigenvalue weighted by Crippen LogP contribution is 2.18. The van der Waals surface area contributed by atoms with Crippen molar-refractivity contribution in [2.45, 2.75) is 367 Å². The summed E-state index contributed by atoms with van der Waals surface area (Å²) in [6.45, 7) is 6.71. The second-order valence-electron chi connectivity index (χ2n) is 21.7. The predicted octanol–water partition coefficient (Wildman–Crippen LogP) is 21.3. The maximum absolute atomic E-state index is 12.9. The first kappa shape index (κ1) is 68.2. The molecule has 0 N–H and O–H groups in total. The SMILES string of the molecule is CCCCCCCC/C=C/CCCCCCCCCCCC(=O)OC[C@@H](COC(=O)CCCCCCCCCCCCCCCCC)OC(=O)CCCCCCCCCCCCCCCCCCCC. The van der Waals surface area contributed by atoms with Crippen LogP contribution in [-0.4, -0.2) is 37.2 Å². The number of hydrogen-bond acceptors (Lipinski definition) is 6. The Bertz CT molecular complexity index is 1090. The van der Waals surface area contributed by atoms with Crippen molar-refractivity contribution in [3.63, 3.8) is 0 Å². The van der Waals surface area contributed by atoms with Crippen LogP contribution >= 0.6 is 0 Å². The largest absolute Gasteiger partial charge is 0.462 e. The van der Waals surface area contributed by atoms with Crippen LogP contribution < -0.4 is 0 Å². The van der Waals surface area contributed by atoms with Crippen LogP contribution in [0.3, 0.4) is 0 Å². The Morgan fingerprint density at radius 1 is 0.271 bits per heavy atom. The molecule has 0 aromatic carbocycles. The van der Waals surface area contributed by atoms with Gasteiger partial charge in [0, 0.05) is 19.3 Å². The number of allylic oxidation sites excluding steroid dienone is 2. The summed E-state index contributed by atoms with van der Waals surface area (Å²) in [5, 5.41) is 0. The third kappa shape index (κ3) is 57.1. The van der Waals surface area contributed by atoms with Crippen molar-refractivity contribution < 1.29 is 28.6 Å². The summed E-state index contributed by atoms with van der Waals surface area (Å²) >= 11 is 0. The zero-order valence-corrected chi connectivity index (χ0v) is 47.6. The third-order valence-electron chi connectivity index (χ3n) is 14.5. The molecule has 0 heterocycles. The van der Waals surface area contributed by atoms with Crippen LogP contribution in [0.25, 0.3) is 0 Å². The lowest BCUT2D eigenvalue weighted by molar-refractivity contribution is -0.167. The molecule has 0 saturated carbocycles. The van der Waals surface area contributed by atoms with E-state index in [0.717, 1.165) is 57.8 Å². The fraction of sp³-hybridized carbons (Fsp3) is 0.922. The molecule has 6 heteroatoms. The van der Waals surface area contributed by atoms with Crippen molar-refractivity contribution in [1.82, 2.24) is 0 Å². The van der Waals surface area contributed by atoms with Crippen LogP contribution in [0.1, 0.15) is 361 Å². The minimum atomic E-state index is -0.766. The molecular formula is C64H122O6. The number of rotatable bonds is 59. The first-order valence-corrected chi connectivity index (χ1v) is 31.7. The van der Waals surface area contributed by atoms with E-state index in [1.165, 1.54) is 263 Å². The Labute approximate surface area is 437 Å². The van der Waals surface area contributed by atoms with Crippen LogP contribution in [0.15, 0.2) is 12.2 Å². The van der Waals surface area contributed by atoms with Crippen molar-refractivity contribution in [3.8, 4) is 0 Å². The van der Waals surface area contributed by atoms with Gasteiger partial charge in [-0.2, -0.15) is 0 Å². The molecule has 0 fully saturated rings. The lowest BCUT2D eigenvalue weighted by atomic mass is 10.0. The number of carbonyl (C=O) groups excluding carboxylic acids is 3. The van der Waals surface area contributed by atoms with Gasteiger partial charge in [0.15, 0.2) is 6.10 Å². The van der Waals surface area contributed by atoms with Gasteiger partial charge in [0.05, 0.1) is 0 Å². The maximum atomic E-state index is 12.9. The molecule has 0 rings (SSSR count).